The van der Waals surface area contributed by atoms with Crippen LogP contribution in [0.15, 0.2) is 47.1 Å². The number of hydrogen-bond acceptors (Lipinski definition) is 4. The molecule has 0 spiro atoms. The largest absolute Gasteiger partial charge is 0.461 e. The molecule has 4 aromatic rings. The lowest BCUT2D eigenvalue weighted by atomic mass is 10.2. The first kappa shape index (κ1) is 14.3. The normalized spacial score (nSPS) is 11.1. The van der Waals surface area contributed by atoms with Crippen molar-refractivity contribution in [2.24, 2.45) is 7.05 Å². The Morgan fingerprint density at radius 2 is 2.17 bits per heavy atom. The van der Waals surface area contributed by atoms with Crippen LogP contribution in [-0.2, 0) is 7.05 Å². The number of aryl methyl sites for hydroxylation is 2. The Kier molecular flexibility index (Phi) is 3.19. The van der Waals surface area contributed by atoms with Crippen LogP contribution in [0.25, 0.3) is 22.6 Å². The zero-order valence-corrected chi connectivity index (χ0v) is 13.2. The average Bonchev–Trinajstić information content (AvgIpc) is 3.27. The quantitative estimate of drug-likeness (QED) is 0.607. The second kappa shape index (κ2) is 5.38. The van der Waals surface area contributed by atoms with Crippen molar-refractivity contribution in [3.8, 4) is 11.6 Å². The molecule has 4 rings (SSSR count). The summed E-state index contributed by atoms with van der Waals surface area (Å²) < 4.78 is 7.01. The van der Waals surface area contributed by atoms with Gasteiger partial charge in [0.1, 0.15) is 0 Å². The van der Waals surface area contributed by atoms with Crippen LogP contribution in [-0.4, -0.2) is 25.7 Å². The van der Waals surface area contributed by atoms with Gasteiger partial charge in [0, 0.05) is 18.4 Å². The monoisotopic (exact) mass is 321 g/mol. The molecule has 0 fully saturated rings. The van der Waals surface area contributed by atoms with Gasteiger partial charge in [0.25, 0.3) is 5.91 Å². The molecule has 0 unspecified atom stereocenters. The molecule has 0 saturated carbocycles. The number of furan rings is 1. The number of aromatic amines is 1. The number of amides is 1. The second-order valence-electron chi connectivity index (χ2n) is 5.54. The van der Waals surface area contributed by atoms with Crippen LogP contribution in [0.1, 0.15) is 16.2 Å². The van der Waals surface area contributed by atoms with E-state index in [0.29, 0.717) is 23.0 Å². The number of nitrogens with zero attached hydrogens (tertiary/aromatic N) is 3. The number of imidazole rings is 1. The van der Waals surface area contributed by atoms with E-state index < -0.39 is 0 Å². The average molecular weight is 321 g/mol. The van der Waals surface area contributed by atoms with Gasteiger partial charge in [0.05, 0.1) is 17.3 Å². The van der Waals surface area contributed by atoms with Gasteiger partial charge < -0.3 is 14.7 Å². The van der Waals surface area contributed by atoms with Gasteiger partial charge in [-0.15, -0.1) is 0 Å². The van der Waals surface area contributed by atoms with Crippen molar-refractivity contribution in [2.45, 2.75) is 6.92 Å². The summed E-state index contributed by atoms with van der Waals surface area (Å²) in [6, 6.07) is 10.9. The molecule has 0 radical (unpaired) electrons. The predicted molar refractivity (Wildman–Crippen MR) is 89.7 cm³/mol. The van der Waals surface area contributed by atoms with Gasteiger partial charge in [-0.05, 0) is 43.3 Å². The van der Waals surface area contributed by atoms with Crippen molar-refractivity contribution in [1.29, 1.82) is 0 Å². The summed E-state index contributed by atoms with van der Waals surface area (Å²) in [5.41, 5.74) is 3.60. The third-order valence-electron chi connectivity index (χ3n) is 3.84. The maximum absolute atomic E-state index is 12.3. The Balaban J connectivity index is 1.61. The molecule has 0 aliphatic heterocycles. The van der Waals surface area contributed by atoms with Gasteiger partial charge in [0.15, 0.2) is 17.3 Å². The summed E-state index contributed by atoms with van der Waals surface area (Å²) >= 11 is 0. The zero-order valence-electron chi connectivity index (χ0n) is 13.2. The standard InChI is InChI=1S/C17H15N5O2/c1-10-8-14(21-22(10)2)17(23)18-11-5-6-12-13(9-11)20-16(19-12)15-4-3-7-24-15/h3-9H,1-2H3,(H,18,23)(H,19,20). The molecule has 7 heteroatoms. The fraction of sp³-hybridized carbons (Fsp3) is 0.118. The van der Waals surface area contributed by atoms with Crippen LogP contribution in [0.5, 0.6) is 0 Å². The Bertz CT molecular complexity index is 1010. The molecular formula is C17H15N5O2. The highest BCUT2D eigenvalue weighted by Crippen LogP contribution is 2.23. The lowest BCUT2D eigenvalue weighted by Crippen LogP contribution is -2.12. The van der Waals surface area contributed by atoms with E-state index in [0.717, 1.165) is 16.7 Å². The van der Waals surface area contributed by atoms with Crippen LogP contribution in [0.2, 0.25) is 0 Å². The summed E-state index contributed by atoms with van der Waals surface area (Å²) in [4.78, 5) is 19.9. The van der Waals surface area contributed by atoms with E-state index in [9.17, 15) is 4.79 Å². The molecule has 0 bridgehead atoms. The van der Waals surface area contributed by atoms with Crippen molar-refractivity contribution in [3.63, 3.8) is 0 Å². The maximum atomic E-state index is 12.3. The highest BCUT2D eigenvalue weighted by atomic mass is 16.3. The van der Waals surface area contributed by atoms with Gasteiger partial charge in [-0.1, -0.05) is 0 Å². The number of carbonyl (C=O) groups is 1. The molecule has 7 nitrogen and oxygen atoms in total. The number of benzene rings is 1. The summed E-state index contributed by atoms with van der Waals surface area (Å²) in [7, 11) is 1.80. The van der Waals surface area contributed by atoms with Gasteiger partial charge in [-0.25, -0.2) is 4.98 Å². The lowest BCUT2D eigenvalue weighted by molar-refractivity contribution is 0.102. The highest BCUT2D eigenvalue weighted by Gasteiger charge is 2.13. The van der Waals surface area contributed by atoms with Crippen LogP contribution >= 0.6 is 0 Å². The van der Waals surface area contributed by atoms with Crippen LogP contribution in [0.3, 0.4) is 0 Å². The number of hydrogen-bond donors (Lipinski definition) is 2. The topological polar surface area (TPSA) is 88.7 Å². The van der Waals surface area contributed by atoms with Crippen molar-refractivity contribution >= 4 is 22.6 Å². The molecule has 2 N–H and O–H groups in total. The molecule has 24 heavy (non-hydrogen) atoms. The van der Waals surface area contributed by atoms with E-state index in [-0.39, 0.29) is 5.91 Å². The van der Waals surface area contributed by atoms with E-state index in [1.54, 1.807) is 24.1 Å². The number of aromatic nitrogens is 4. The molecule has 1 aromatic carbocycles. The number of rotatable bonds is 3. The fourth-order valence-electron chi connectivity index (χ4n) is 2.48. The van der Waals surface area contributed by atoms with E-state index in [1.165, 1.54) is 0 Å². The van der Waals surface area contributed by atoms with E-state index in [4.69, 9.17) is 4.42 Å². The smallest absolute Gasteiger partial charge is 0.276 e. The van der Waals surface area contributed by atoms with Crippen LogP contribution in [0.4, 0.5) is 5.69 Å². The van der Waals surface area contributed by atoms with E-state index in [1.807, 2.05) is 37.3 Å². The fourth-order valence-corrected chi connectivity index (χ4v) is 2.48. The molecular weight excluding hydrogens is 306 g/mol. The van der Waals surface area contributed by atoms with Gasteiger partial charge in [-0.3, -0.25) is 9.48 Å². The molecule has 0 aliphatic carbocycles. The van der Waals surface area contributed by atoms with Crippen LogP contribution < -0.4 is 5.32 Å². The summed E-state index contributed by atoms with van der Waals surface area (Å²) in [5.74, 6) is 1.07. The van der Waals surface area contributed by atoms with Gasteiger partial charge in [-0.2, -0.15) is 5.10 Å². The molecule has 3 aromatic heterocycles. The van der Waals surface area contributed by atoms with E-state index in [2.05, 4.69) is 20.4 Å². The minimum absolute atomic E-state index is 0.246. The van der Waals surface area contributed by atoms with Crippen molar-refractivity contribution in [3.05, 3.63) is 54.0 Å². The van der Waals surface area contributed by atoms with Crippen LogP contribution in [0, 0.1) is 6.92 Å². The summed E-state index contributed by atoms with van der Waals surface area (Å²) in [5, 5.41) is 7.03. The third kappa shape index (κ3) is 2.45. The number of nitrogens with one attached hydrogen (secondary N) is 2. The first-order valence-electron chi connectivity index (χ1n) is 7.46. The number of carbonyl (C=O) groups excluding carboxylic acids is 1. The Morgan fingerprint density at radius 1 is 1.29 bits per heavy atom. The summed E-state index contributed by atoms with van der Waals surface area (Å²) in [6.45, 7) is 1.90. The molecule has 0 saturated heterocycles. The van der Waals surface area contributed by atoms with Crippen molar-refractivity contribution in [2.75, 3.05) is 5.32 Å². The lowest BCUT2D eigenvalue weighted by Gasteiger charge is -2.02. The number of fused-ring (bicyclic) bond motifs is 1. The van der Waals surface area contributed by atoms with Crippen molar-refractivity contribution in [1.82, 2.24) is 19.7 Å². The highest BCUT2D eigenvalue weighted by molar-refractivity contribution is 6.03. The summed E-state index contributed by atoms with van der Waals surface area (Å²) in [6.07, 6.45) is 1.60. The maximum Gasteiger partial charge on any atom is 0.276 e. The molecule has 3 heterocycles. The minimum atomic E-state index is -0.246. The third-order valence-corrected chi connectivity index (χ3v) is 3.84. The molecule has 120 valence electrons. The van der Waals surface area contributed by atoms with Gasteiger partial charge >= 0.3 is 0 Å². The molecule has 0 aliphatic rings. The SMILES string of the molecule is Cc1cc(C(=O)Nc2ccc3nc(-c4ccco4)[nH]c3c2)nn1C. The Morgan fingerprint density at radius 3 is 2.88 bits per heavy atom. The zero-order chi connectivity index (χ0) is 16.7. The molecule has 0 atom stereocenters. The van der Waals surface area contributed by atoms with Crippen molar-refractivity contribution < 1.29 is 9.21 Å². The molecule has 1 amide bonds. The number of anilines is 1. The Labute approximate surface area is 137 Å². The second-order valence-corrected chi connectivity index (χ2v) is 5.54. The first-order chi connectivity index (χ1) is 11.6. The minimum Gasteiger partial charge on any atom is -0.461 e. The first-order valence-corrected chi connectivity index (χ1v) is 7.46. The van der Waals surface area contributed by atoms with E-state index >= 15 is 0 Å². The predicted octanol–water partition coefficient (Wildman–Crippen LogP) is 3.12. The Hall–Kier alpha value is -3.35. The number of H-pyrrole nitrogens is 1. The van der Waals surface area contributed by atoms with Gasteiger partial charge in [0.2, 0.25) is 0 Å².